The molecule has 2 aliphatic heterocycles. The van der Waals surface area contributed by atoms with Crippen LogP contribution in [0, 0.1) is 11.8 Å². The van der Waals surface area contributed by atoms with Crippen molar-refractivity contribution in [1.29, 1.82) is 0 Å². The Kier molecular flexibility index (Phi) is 5.92. The molecular formula is C29H32FNO3. The number of furan rings is 1. The SMILES string of the molecule is Oc1ccc2c(c1)CCCC(C1CCOCC1)=C2c1ccc2cc(CN3CC(CF)C3)oc2c1. The molecule has 0 bridgehead atoms. The number of aromatic hydroxyl groups is 1. The lowest BCUT2D eigenvalue weighted by Gasteiger charge is -2.36. The Bertz CT molecular complexity index is 1220. The molecule has 2 fully saturated rings. The van der Waals surface area contributed by atoms with Crippen LogP contribution in [0.2, 0.25) is 0 Å². The molecule has 1 aromatic heterocycles. The highest BCUT2D eigenvalue weighted by atomic mass is 19.1. The van der Waals surface area contributed by atoms with Crippen LogP contribution in [0.3, 0.4) is 0 Å². The van der Waals surface area contributed by atoms with E-state index < -0.39 is 0 Å². The number of phenols is 1. The summed E-state index contributed by atoms with van der Waals surface area (Å²) in [5.74, 6) is 1.98. The topological polar surface area (TPSA) is 45.8 Å². The predicted octanol–water partition coefficient (Wildman–Crippen LogP) is 6.10. The normalized spacial score (nSPS) is 20.4. The lowest BCUT2D eigenvalue weighted by atomic mass is 9.81. The van der Waals surface area contributed by atoms with Crippen molar-refractivity contribution >= 4 is 16.5 Å². The molecule has 0 saturated carbocycles. The molecule has 0 spiro atoms. The minimum atomic E-state index is -0.232. The zero-order chi connectivity index (χ0) is 23.1. The van der Waals surface area contributed by atoms with Gasteiger partial charge in [0.25, 0.3) is 0 Å². The first-order chi connectivity index (χ1) is 16.7. The zero-order valence-corrected chi connectivity index (χ0v) is 19.6. The Morgan fingerprint density at radius 2 is 1.85 bits per heavy atom. The fourth-order valence-electron chi connectivity index (χ4n) is 6.04. The van der Waals surface area contributed by atoms with E-state index in [9.17, 15) is 9.50 Å². The molecule has 0 radical (unpaired) electrons. The van der Waals surface area contributed by atoms with E-state index in [4.69, 9.17) is 9.15 Å². The lowest BCUT2D eigenvalue weighted by molar-refractivity contribution is 0.0677. The fraction of sp³-hybridized carbons (Fsp3) is 0.448. The van der Waals surface area contributed by atoms with E-state index in [0.29, 0.717) is 11.7 Å². The van der Waals surface area contributed by atoms with Gasteiger partial charge in [0.1, 0.15) is 17.1 Å². The Morgan fingerprint density at radius 1 is 1.00 bits per heavy atom. The smallest absolute Gasteiger partial charge is 0.134 e. The number of alkyl halides is 1. The Labute approximate surface area is 200 Å². The third-order valence-corrected chi connectivity index (χ3v) is 7.78. The molecule has 1 N–H and O–H groups in total. The second-order valence-electron chi connectivity index (χ2n) is 10.2. The number of allylic oxidation sites excluding steroid dienone is 1. The molecule has 178 valence electrons. The maximum Gasteiger partial charge on any atom is 0.134 e. The molecule has 5 heteroatoms. The molecule has 2 aromatic carbocycles. The summed E-state index contributed by atoms with van der Waals surface area (Å²) in [7, 11) is 0. The Hall–Kier alpha value is -2.63. The number of phenolic OH excluding ortho intramolecular Hbond substituents is 1. The third kappa shape index (κ3) is 4.16. The average molecular weight is 462 g/mol. The van der Waals surface area contributed by atoms with Gasteiger partial charge in [-0.25, -0.2) is 0 Å². The van der Waals surface area contributed by atoms with Crippen LogP contribution in [0.15, 0.2) is 52.5 Å². The van der Waals surface area contributed by atoms with Crippen LogP contribution in [0.5, 0.6) is 5.75 Å². The van der Waals surface area contributed by atoms with Crippen molar-refractivity contribution in [2.45, 2.75) is 38.6 Å². The first-order valence-corrected chi connectivity index (χ1v) is 12.6. The van der Waals surface area contributed by atoms with E-state index >= 15 is 0 Å². The van der Waals surface area contributed by atoms with Gasteiger partial charge in [0.15, 0.2) is 0 Å². The quantitative estimate of drug-likeness (QED) is 0.498. The fourth-order valence-corrected chi connectivity index (χ4v) is 6.04. The number of nitrogens with zero attached hydrogens (tertiary/aromatic N) is 1. The maximum atomic E-state index is 12.8. The number of aryl methyl sites for hydroxylation is 1. The maximum absolute atomic E-state index is 12.8. The molecule has 0 amide bonds. The summed E-state index contributed by atoms with van der Waals surface area (Å²) < 4.78 is 24.7. The van der Waals surface area contributed by atoms with Crippen LogP contribution in [0.25, 0.3) is 16.5 Å². The van der Waals surface area contributed by atoms with E-state index in [-0.39, 0.29) is 12.6 Å². The number of hydrogen-bond acceptors (Lipinski definition) is 4. The van der Waals surface area contributed by atoms with E-state index in [1.807, 2.05) is 12.1 Å². The van der Waals surface area contributed by atoms with Gasteiger partial charge in [0, 0.05) is 37.6 Å². The Morgan fingerprint density at radius 3 is 2.68 bits per heavy atom. The molecule has 3 aromatic rings. The molecule has 2 saturated heterocycles. The minimum Gasteiger partial charge on any atom is -0.508 e. The Balaban J connectivity index is 1.40. The number of rotatable bonds is 5. The van der Waals surface area contributed by atoms with E-state index in [2.05, 4.69) is 35.2 Å². The van der Waals surface area contributed by atoms with Crippen molar-refractivity contribution in [2.75, 3.05) is 33.0 Å². The van der Waals surface area contributed by atoms with Crippen LogP contribution in [-0.2, 0) is 17.7 Å². The summed E-state index contributed by atoms with van der Waals surface area (Å²) in [5, 5.41) is 11.3. The van der Waals surface area contributed by atoms with Crippen LogP contribution in [-0.4, -0.2) is 43.0 Å². The summed E-state index contributed by atoms with van der Waals surface area (Å²) in [6.45, 7) is 3.77. The van der Waals surface area contributed by atoms with E-state index in [1.165, 1.54) is 27.8 Å². The van der Waals surface area contributed by atoms with Gasteiger partial charge in [-0.05, 0) is 84.6 Å². The van der Waals surface area contributed by atoms with Gasteiger partial charge in [-0.15, -0.1) is 0 Å². The number of fused-ring (bicyclic) bond motifs is 2. The van der Waals surface area contributed by atoms with Crippen molar-refractivity contribution < 1.29 is 18.7 Å². The first kappa shape index (κ1) is 21.9. The number of benzene rings is 2. The standard InChI is InChI=1S/C29H32FNO3/c30-15-19-16-31(17-19)18-25-13-22-4-5-23(14-28(22)34-25)29-26(20-8-10-33-11-9-20)3-1-2-21-12-24(32)6-7-27(21)29/h4-7,12-14,19-20,32H,1-3,8-11,15-18H2. The van der Waals surface area contributed by atoms with Crippen LogP contribution >= 0.6 is 0 Å². The number of halogens is 1. The van der Waals surface area contributed by atoms with Crippen molar-refractivity contribution in [3.63, 3.8) is 0 Å². The van der Waals surface area contributed by atoms with Crippen LogP contribution < -0.4 is 0 Å². The molecule has 6 rings (SSSR count). The van der Waals surface area contributed by atoms with Gasteiger partial charge in [0.05, 0.1) is 13.2 Å². The van der Waals surface area contributed by atoms with Gasteiger partial charge >= 0.3 is 0 Å². The molecule has 0 atom stereocenters. The molecular weight excluding hydrogens is 429 g/mol. The molecule has 3 aliphatic rings. The monoisotopic (exact) mass is 461 g/mol. The third-order valence-electron chi connectivity index (χ3n) is 7.78. The summed E-state index contributed by atoms with van der Waals surface area (Å²) >= 11 is 0. The average Bonchev–Trinajstić information content (AvgIpc) is 3.14. The van der Waals surface area contributed by atoms with E-state index in [1.54, 1.807) is 0 Å². The van der Waals surface area contributed by atoms with Crippen LogP contribution in [0.1, 0.15) is 48.1 Å². The highest BCUT2D eigenvalue weighted by Gasteiger charge is 2.28. The number of likely N-dealkylation sites (tertiary alicyclic amines) is 1. The van der Waals surface area contributed by atoms with Gasteiger partial charge in [0.2, 0.25) is 0 Å². The van der Waals surface area contributed by atoms with Crippen LogP contribution in [0.4, 0.5) is 4.39 Å². The van der Waals surface area contributed by atoms with E-state index in [0.717, 1.165) is 81.7 Å². The van der Waals surface area contributed by atoms with Crippen molar-refractivity contribution in [2.24, 2.45) is 11.8 Å². The molecule has 34 heavy (non-hydrogen) atoms. The minimum absolute atomic E-state index is 0.182. The van der Waals surface area contributed by atoms with Crippen molar-refractivity contribution in [1.82, 2.24) is 4.90 Å². The van der Waals surface area contributed by atoms with Gasteiger partial charge in [-0.3, -0.25) is 9.29 Å². The highest BCUT2D eigenvalue weighted by molar-refractivity contribution is 5.89. The second-order valence-corrected chi connectivity index (χ2v) is 10.2. The molecule has 4 nitrogen and oxygen atoms in total. The lowest BCUT2D eigenvalue weighted by Crippen LogP contribution is -2.46. The largest absolute Gasteiger partial charge is 0.508 e. The van der Waals surface area contributed by atoms with Gasteiger partial charge in [-0.2, -0.15) is 0 Å². The molecule has 0 unspecified atom stereocenters. The second kappa shape index (κ2) is 9.20. The number of ether oxygens (including phenoxy) is 1. The first-order valence-electron chi connectivity index (χ1n) is 12.6. The summed E-state index contributed by atoms with van der Waals surface area (Å²) in [4.78, 5) is 2.24. The van der Waals surface area contributed by atoms with Crippen molar-refractivity contribution in [3.8, 4) is 5.75 Å². The number of hydrogen-bond donors (Lipinski definition) is 1. The molecule has 3 heterocycles. The zero-order valence-electron chi connectivity index (χ0n) is 19.6. The predicted molar refractivity (Wildman–Crippen MR) is 132 cm³/mol. The molecule has 1 aliphatic carbocycles. The van der Waals surface area contributed by atoms with Crippen molar-refractivity contribution in [3.05, 3.63) is 70.5 Å². The summed E-state index contributed by atoms with van der Waals surface area (Å²) in [6, 6.07) is 14.5. The summed E-state index contributed by atoms with van der Waals surface area (Å²) in [5.41, 5.74) is 7.38. The highest BCUT2D eigenvalue weighted by Crippen LogP contribution is 2.42. The van der Waals surface area contributed by atoms with Gasteiger partial charge < -0.3 is 14.3 Å². The summed E-state index contributed by atoms with van der Waals surface area (Å²) in [6.07, 6.45) is 5.27. The van der Waals surface area contributed by atoms with Gasteiger partial charge in [-0.1, -0.05) is 23.8 Å².